The Kier molecular flexibility index (Phi) is 1.77. The maximum Gasteiger partial charge on any atom is 0.169 e. The molecule has 0 saturated heterocycles. The predicted octanol–water partition coefficient (Wildman–Crippen LogP) is 2.42. The van der Waals surface area contributed by atoms with Gasteiger partial charge in [-0.3, -0.25) is 0 Å². The van der Waals surface area contributed by atoms with Gasteiger partial charge in [0.25, 0.3) is 0 Å². The first-order valence-corrected chi connectivity index (χ1v) is 5.02. The Balaban J connectivity index is 2.18. The van der Waals surface area contributed by atoms with Crippen LogP contribution in [0.25, 0.3) is 22.2 Å². The van der Waals surface area contributed by atoms with Crippen molar-refractivity contribution in [1.29, 1.82) is 0 Å². The molecule has 0 aliphatic rings. The third-order valence-corrected chi connectivity index (χ3v) is 2.70. The molecule has 16 heavy (non-hydrogen) atoms. The van der Waals surface area contributed by atoms with Crippen LogP contribution < -0.4 is 5.73 Å². The Hall–Kier alpha value is -2.23. The molecule has 2 aromatic heterocycles. The fourth-order valence-corrected chi connectivity index (χ4v) is 1.86. The number of nitrogens with two attached hydrogens (primary N) is 1. The van der Waals surface area contributed by atoms with E-state index in [4.69, 9.17) is 10.3 Å². The summed E-state index contributed by atoms with van der Waals surface area (Å²) in [7, 11) is 2.02. The van der Waals surface area contributed by atoms with Crippen molar-refractivity contribution >= 4 is 16.7 Å². The zero-order valence-electron chi connectivity index (χ0n) is 8.84. The number of nitrogens with zero attached hydrogens (tertiary/aromatic N) is 2. The Bertz CT molecular complexity index is 651. The molecule has 0 aliphatic carbocycles. The average molecular weight is 213 g/mol. The summed E-state index contributed by atoms with van der Waals surface area (Å²) in [5.41, 5.74) is 7.70. The van der Waals surface area contributed by atoms with Crippen molar-refractivity contribution in [2.45, 2.75) is 0 Å². The van der Waals surface area contributed by atoms with Gasteiger partial charge in [-0.15, -0.1) is 0 Å². The van der Waals surface area contributed by atoms with Gasteiger partial charge in [0.1, 0.15) is 0 Å². The number of hydrogen-bond donors (Lipinski definition) is 1. The van der Waals surface area contributed by atoms with Crippen LogP contribution in [-0.2, 0) is 7.05 Å². The van der Waals surface area contributed by atoms with Gasteiger partial charge in [-0.2, -0.15) is 0 Å². The van der Waals surface area contributed by atoms with E-state index in [-0.39, 0.29) is 0 Å². The fraction of sp³-hybridized carbons (Fsp3) is 0.0833. The maximum atomic E-state index is 5.52. The third kappa shape index (κ3) is 1.27. The highest BCUT2D eigenvalue weighted by Gasteiger charge is 2.06. The second kappa shape index (κ2) is 3.13. The second-order valence-corrected chi connectivity index (χ2v) is 3.82. The van der Waals surface area contributed by atoms with E-state index in [0.717, 1.165) is 5.56 Å². The largest absolute Gasteiger partial charge is 0.381 e. The van der Waals surface area contributed by atoms with Crippen molar-refractivity contribution in [3.63, 3.8) is 0 Å². The zero-order valence-corrected chi connectivity index (χ0v) is 8.84. The van der Waals surface area contributed by atoms with Gasteiger partial charge in [0, 0.05) is 35.8 Å². The predicted molar refractivity (Wildman–Crippen MR) is 62.8 cm³/mol. The molecule has 0 bridgehead atoms. The molecule has 80 valence electrons. The first kappa shape index (κ1) is 9.03. The Labute approximate surface area is 92.3 Å². The number of benzene rings is 1. The van der Waals surface area contributed by atoms with Gasteiger partial charge in [0.05, 0.1) is 0 Å². The number of aryl methyl sites for hydroxylation is 1. The van der Waals surface area contributed by atoms with Crippen LogP contribution in [0.15, 0.2) is 41.1 Å². The molecule has 2 N–H and O–H groups in total. The van der Waals surface area contributed by atoms with Crippen molar-refractivity contribution in [2.24, 2.45) is 7.05 Å². The van der Waals surface area contributed by atoms with E-state index in [1.54, 1.807) is 6.07 Å². The number of anilines is 1. The van der Waals surface area contributed by atoms with E-state index < -0.39 is 0 Å². The molecule has 0 atom stereocenters. The third-order valence-electron chi connectivity index (χ3n) is 2.70. The minimum absolute atomic E-state index is 0.406. The van der Waals surface area contributed by atoms with Crippen LogP contribution >= 0.6 is 0 Å². The van der Waals surface area contributed by atoms with E-state index in [1.807, 2.05) is 19.3 Å². The molecule has 0 spiro atoms. The molecule has 4 nitrogen and oxygen atoms in total. The van der Waals surface area contributed by atoms with Crippen molar-refractivity contribution < 1.29 is 4.52 Å². The highest BCUT2D eigenvalue weighted by molar-refractivity contribution is 5.84. The smallest absolute Gasteiger partial charge is 0.169 e. The Morgan fingerprint density at radius 2 is 2.12 bits per heavy atom. The van der Waals surface area contributed by atoms with Crippen LogP contribution in [0.1, 0.15) is 0 Å². The lowest BCUT2D eigenvalue weighted by Crippen LogP contribution is -1.83. The van der Waals surface area contributed by atoms with Crippen LogP contribution in [0.5, 0.6) is 0 Å². The minimum Gasteiger partial charge on any atom is -0.381 e. The van der Waals surface area contributed by atoms with Crippen LogP contribution in [0, 0.1) is 0 Å². The lowest BCUT2D eigenvalue weighted by atomic mass is 10.1. The Morgan fingerprint density at radius 3 is 2.88 bits per heavy atom. The summed E-state index contributed by atoms with van der Waals surface area (Å²) in [6.07, 6.45) is 2.03. The number of fused-ring (bicyclic) bond motifs is 1. The number of nitrogen functional groups attached to an aromatic ring is 1. The summed E-state index contributed by atoms with van der Waals surface area (Å²) in [5.74, 6) is 1.10. The fourth-order valence-electron chi connectivity index (χ4n) is 1.86. The van der Waals surface area contributed by atoms with Gasteiger partial charge in [0.15, 0.2) is 11.6 Å². The van der Waals surface area contributed by atoms with Crippen LogP contribution in [-0.4, -0.2) is 9.72 Å². The lowest BCUT2D eigenvalue weighted by molar-refractivity contribution is 0.436. The molecule has 4 heteroatoms. The molecule has 0 radical (unpaired) electrons. The maximum absolute atomic E-state index is 5.52. The zero-order chi connectivity index (χ0) is 11.1. The van der Waals surface area contributed by atoms with E-state index in [0.29, 0.717) is 11.6 Å². The van der Waals surface area contributed by atoms with Crippen LogP contribution in [0.4, 0.5) is 5.82 Å². The van der Waals surface area contributed by atoms with E-state index in [2.05, 4.69) is 27.9 Å². The molecule has 0 aliphatic heterocycles. The molecule has 0 saturated carbocycles. The lowest BCUT2D eigenvalue weighted by Gasteiger charge is -1.98. The molecule has 0 unspecified atom stereocenters. The van der Waals surface area contributed by atoms with Crippen molar-refractivity contribution in [1.82, 2.24) is 9.72 Å². The summed E-state index contributed by atoms with van der Waals surface area (Å²) in [5, 5.41) is 4.85. The Morgan fingerprint density at radius 1 is 1.25 bits per heavy atom. The highest BCUT2D eigenvalue weighted by Crippen LogP contribution is 2.25. The first-order chi connectivity index (χ1) is 7.74. The molecule has 3 aromatic rings. The van der Waals surface area contributed by atoms with E-state index in [1.165, 1.54) is 10.9 Å². The van der Waals surface area contributed by atoms with Crippen LogP contribution in [0.3, 0.4) is 0 Å². The monoisotopic (exact) mass is 213 g/mol. The van der Waals surface area contributed by atoms with E-state index >= 15 is 0 Å². The highest BCUT2D eigenvalue weighted by atomic mass is 16.5. The normalized spacial score (nSPS) is 11.1. The van der Waals surface area contributed by atoms with Crippen LogP contribution in [0.2, 0.25) is 0 Å². The summed E-state index contributed by atoms with van der Waals surface area (Å²) < 4.78 is 7.20. The van der Waals surface area contributed by atoms with Gasteiger partial charge in [-0.05, 0) is 24.3 Å². The number of aromatic nitrogens is 2. The van der Waals surface area contributed by atoms with Crippen molar-refractivity contribution in [3.05, 3.63) is 36.5 Å². The minimum atomic E-state index is 0.406. The van der Waals surface area contributed by atoms with Gasteiger partial charge in [-0.1, -0.05) is 5.16 Å². The van der Waals surface area contributed by atoms with Crippen molar-refractivity contribution in [2.75, 3.05) is 5.73 Å². The summed E-state index contributed by atoms with van der Waals surface area (Å²) in [4.78, 5) is 0. The molecule has 1 aromatic carbocycles. The number of rotatable bonds is 1. The topological polar surface area (TPSA) is 57.0 Å². The standard InChI is InChI=1S/C12H11N3O/c1-15-5-4-8-6-9(2-3-10(8)15)11-7-12(13)14-16-11/h2-7H,1H3,(H2,13,14). The molecule has 3 rings (SSSR count). The molecule has 0 amide bonds. The summed E-state index contributed by atoms with van der Waals surface area (Å²) >= 11 is 0. The first-order valence-electron chi connectivity index (χ1n) is 5.02. The van der Waals surface area contributed by atoms with Gasteiger partial charge in [0.2, 0.25) is 0 Å². The molecule has 0 fully saturated rings. The average Bonchev–Trinajstić information content (AvgIpc) is 2.86. The SMILES string of the molecule is Cn1ccc2cc(-c3cc(N)no3)ccc21. The van der Waals surface area contributed by atoms with Gasteiger partial charge >= 0.3 is 0 Å². The van der Waals surface area contributed by atoms with Crippen molar-refractivity contribution in [3.8, 4) is 11.3 Å². The molecule has 2 heterocycles. The summed E-state index contributed by atoms with van der Waals surface area (Å²) in [6.45, 7) is 0. The second-order valence-electron chi connectivity index (χ2n) is 3.82. The van der Waals surface area contributed by atoms with Gasteiger partial charge < -0.3 is 14.8 Å². The molecular weight excluding hydrogens is 202 g/mol. The van der Waals surface area contributed by atoms with E-state index in [9.17, 15) is 0 Å². The quantitative estimate of drug-likeness (QED) is 0.675. The van der Waals surface area contributed by atoms with Gasteiger partial charge in [-0.25, -0.2) is 0 Å². The summed E-state index contributed by atoms with van der Waals surface area (Å²) in [6, 6.07) is 9.92. The number of hydrogen-bond acceptors (Lipinski definition) is 3. The molecular formula is C12H11N3O.